The fraction of sp³-hybridized carbons (Fsp3) is 0.273. The normalized spacial score (nSPS) is 14.3. The van der Waals surface area contributed by atoms with Crippen LogP contribution in [0.3, 0.4) is 0 Å². The molecule has 0 aliphatic carbocycles. The average molecular weight is 824 g/mol. The third kappa shape index (κ3) is 6.18. The molecule has 3 aromatic heterocycles. The minimum atomic E-state index is -0.120. The molecule has 0 saturated carbocycles. The van der Waals surface area contributed by atoms with Crippen molar-refractivity contribution in [3.8, 4) is 34.0 Å². The molecule has 9 aromatic rings. The highest BCUT2D eigenvalue weighted by molar-refractivity contribution is 6.13. The van der Waals surface area contributed by atoms with E-state index in [4.69, 9.17) is 9.72 Å². The molecule has 0 spiro atoms. The van der Waals surface area contributed by atoms with Crippen LogP contribution < -0.4 is 21.7 Å². The van der Waals surface area contributed by atoms with Crippen LogP contribution in [0.5, 0.6) is 11.5 Å². The largest absolute Gasteiger partial charge is 1.00 e. The second-order valence-corrected chi connectivity index (χ2v) is 19.0. The Balaban J connectivity index is 0.00000476. The van der Waals surface area contributed by atoms with Crippen molar-refractivity contribution in [3.63, 3.8) is 0 Å². The summed E-state index contributed by atoms with van der Waals surface area (Å²) >= 11 is 0. The van der Waals surface area contributed by atoms with Crippen LogP contribution in [0.4, 0.5) is 0 Å². The van der Waals surface area contributed by atoms with Gasteiger partial charge < -0.3 is 17.1 Å². The van der Waals surface area contributed by atoms with Crippen LogP contribution in [-0.2, 0) is 10.8 Å². The van der Waals surface area contributed by atoms with E-state index in [1.165, 1.54) is 49.8 Å². The van der Waals surface area contributed by atoms with Crippen molar-refractivity contribution >= 4 is 38.4 Å². The fourth-order valence-electron chi connectivity index (χ4n) is 9.84. The van der Waals surface area contributed by atoms with E-state index in [0.717, 1.165) is 50.5 Å². The van der Waals surface area contributed by atoms with Gasteiger partial charge in [0.2, 0.25) is 0 Å². The van der Waals surface area contributed by atoms with Gasteiger partial charge in [0.15, 0.2) is 11.0 Å². The summed E-state index contributed by atoms with van der Waals surface area (Å²) in [5.74, 6) is 2.66. The number of halogens is 1. The fourth-order valence-corrected chi connectivity index (χ4v) is 9.84. The van der Waals surface area contributed by atoms with E-state index < -0.39 is 0 Å². The summed E-state index contributed by atoms with van der Waals surface area (Å²) < 4.78 is 14.1. The highest BCUT2D eigenvalue weighted by atomic mass is 35.5. The molecule has 6 aromatic carbocycles. The molecule has 0 saturated heterocycles. The number of pyridine rings is 1. The van der Waals surface area contributed by atoms with Crippen LogP contribution in [0.15, 0.2) is 134 Å². The Morgan fingerprint density at radius 3 is 2.03 bits per heavy atom. The lowest BCUT2D eigenvalue weighted by Gasteiger charge is -2.45. The molecule has 0 bridgehead atoms. The zero-order valence-electron chi connectivity index (χ0n) is 37.0. The molecule has 308 valence electrons. The van der Waals surface area contributed by atoms with Crippen molar-refractivity contribution in [2.75, 3.05) is 0 Å². The van der Waals surface area contributed by atoms with Gasteiger partial charge in [0.1, 0.15) is 28.5 Å². The van der Waals surface area contributed by atoms with Crippen LogP contribution in [0.25, 0.3) is 60.9 Å². The number of benzene rings is 6. The van der Waals surface area contributed by atoms with Crippen molar-refractivity contribution in [1.82, 2.24) is 14.0 Å². The highest BCUT2D eigenvalue weighted by Crippen LogP contribution is 2.51. The number of imidazole rings is 2. The summed E-state index contributed by atoms with van der Waals surface area (Å²) in [7, 11) is 0. The van der Waals surface area contributed by atoms with Gasteiger partial charge in [-0.3, -0.25) is 4.40 Å². The summed E-state index contributed by atoms with van der Waals surface area (Å²) in [5.41, 5.74) is 15.6. The van der Waals surface area contributed by atoms with E-state index >= 15 is 0 Å². The molecule has 0 radical (unpaired) electrons. The van der Waals surface area contributed by atoms with E-state index in [-0.39, 0.29) is 23.2 Å². The Morgan fingerprint density at radius 1 is 0.623 bits per heavy atom. The standard InChI is InChI=1S/C55H55N4O.ClH/c1-33(2)36-27-44(34(3)4)51(45(28-36)35(5)6)37-25-39(58-32-57(38-17-12-11-13-18-38)48-21-14-15-22-49(48)58)29-41(26-37)60-40-23-24-42-43-19-16-20-47-52(43)59-50(55(9,10)54(47,7)8)31-56-53(59)46(42)30-40;/h11-35H,1-10H3;1H/q+1;/p-1. The summed E-state index contributed by atoms with van der Waals surface area (Å²) in [6, 6.07) is 44.3. The predicted molar refractivity (Wildman–Crippen MR) is 249 cm³/mol. The number of rotatable bonds is 8. The highest BCUT2D eigenvalue weighted by Gasteiger charge is 2.46. The minimum Gasteiger partial charge on any atom is -1.00 e. The van der Waals surface area contributed by atoms with Crippen molar-refractivity contribution in [3.05, 3.63) is 162 Å². The second-order valence-electron chi connectivity index (χ2n) is 19.0. The van der Waals surface area contributed by atoms with Gasteiger partial charge in [-0.2, -0.15) is 9.13 Å². The molecule has 1 aliphatic heterocycles. The van der Waals surface area contributed by atoms with Gasteiger partial charge in [0.05, 0.1) is 5.52 Å². The molecule has 1 aliphatic rings. The summed E-state index contributed by atoms with van der Waals surface area (Å²) in [5, 5.41) is 3.52. The molecule has 0 fully saturated rings. The maximum Gasteiger partial charge on any atom is 0.255 e. The molecule has 10 rings (SSSR count). The SMILES string of the molecule is CC(C)c1cc(C(C)C)c(-c2cc(Oc3ccc4c(c3)c3ncc5n3c3c(cccc43)C(C)(C)C5(C)C)cc(-n3c[n+](-c4ccccc4)c4ccccc43)c2)c(C(C)C)c1.[Cl-]. The van der Waals surface area contributed by atoms with Gasteiger partial charge in [-0.15, -0.1) is 0 Å². The summed E-state index contributed by atoms with van der Waals surface area (Å²) in [6.07, 6.45) is 4.31. The molecular weight excluding hydrogens is 768 g/mol. The Kier molecular flexibility index (Phi) is 9.71. The molecule has 0 N–H and O–H groups in total. The molecular formula is C55H55ClN4O. The van der Waals surface area contributed by atoms with E-state index in [1.54, 1.807) is 0 Å². The quantitative estimate of drug-likeness (QED) is 0.113. The molecule has 4 heterocycles. The Labute approximate surface area is 366 Å². The van der Waals surface area contributed by atoms with Crippen LogP contribution in [0.2, 0.25) is 0 Å². The number of para-hydroxylation sites is 4. The number of hydrogen-bond acceptors (Lipinski definition) is 2. The molecule has 0 atom stereocenters. The first kappa shape index (κ1) is 40.5. The molecule has 0 amide bonds. The zero-order chi connectivity index (χ0) is 41.8. The second kappa shape index (κ2) is 14.6. The van der Waals surface area contributed by atoms with Gasteiger partial charge in [-0.25, -0.2) is 4.98 Å². The first-order valence-electron chi connectivity index (χ1n) is 21.7. The summed E-state index contributed by atoms with van der Waals surface area (Å²) in [4.78, 5) is 5.15. The number of hydrogen-bond donors (Lipinski definition) is 0. The van der Waals surface area contributed by atoms with E-state index in [2.05, 4.69) is 217 Å². The Hall–Kier alpha value is -5.91. The maximum atomic E-state index is 7.10. The van der Waals surface area contributed by atoms with Crippen molar-refractivity contribution in [2.24, 2.45) is 0 Å². The number of fused-ring (bicyclic) bond motifs is 4. The zero-order valence-corrected chi connectivity index (χ0v) is 37.8. The van der Waals surface area contributed by atoms with E-state index in [1.807, 2.05) is 0 Å². The third-order valence-corrected chi connectivity index (χ3v) is 13.9. The Morgan fingerprint density at radius 2 is 1.33 bits per heavy atom. The van der Waals surface area contributed by atoms with Crippen molar-refractivity contribution in [2.45, 2.75) is 97.8 Å². The van der Waals surface area contributed by atoms with Crippen LogP contribution in [-0.4, -0.2) is 14.0 Å². The lowest BCUT2D eigenvalue weighted by Crippen LogP contribution is -3.00. The smallest absolute Gasteiger partial charge is 0.255 e. The Bertz CT molecular complexity index is 3140. The van der Waals surface area contributed by atoms with Gasteiger partial charge >= 0.3 is 0 Å². The molecule has 6 heteroatoms. The van der Waals surface area contributed by atoms with E-state index in [9.17, 15) is 0 Å². The van der Waals surface area contributed by atoms with Crippen molar-refractivity contribution in [1.29, 1.82) is 0 Å². The predicted octanol–water partition coefficient (Wildman–Crippen LogP) is 11.3. The molecule has 61 heavy (non-hydrogen) atoms. The third-order valence-electron chi connectivity index (χ3n) is 13.9. The monoisotopic (exact) mass is 822 g/mol. The van der Waals surface area contributed by atoms with Crippen LogP contribution >= 0.6 is 0 Å². The number of nitrogens with zero attached hydrogens (tertiary/aromatic N) is 4. The van der Waals surface area contributed by atoms with Gasteiger partial charge in [-0.1, -0.05) is 130 Å². The van der Waals surface area contributed by atoms with Gasteiger partial charge in [0.25, 0.3) is 6.33 Å². The lowest BCUT2D eigenvalue weighted by atomic mass is 9.61. The molecule has 0 unspecified atom stereocenters. The number of aromatic nitrogens is 4. The van der Waals surface area contributed by atoms with Crippen LogP contribution in [0.1, 0.15) is 115 Å². The summed E-state index contributed by atoms with van der Waals surface area (Å²) in [6.45, 7) is 23.3. The number of ether oxygens (including phenoxy) is 1. The van der Waals surface area contributed by atoms with Crippen molar-refractivity contribution < 1.29 is 21.7 Å². The average Bonchev–Trinajstić information content (AvgIpc) is 3.87. The first-order valence-corrected chi connectivity index (χ1v) is 21.7. The topological polar surface area (TPSA) is 35.3 Å². The van der Waals surface area contributed by atoms with Crippen LogP contribution in [0, 0.1) is 0 Å². The van der Waals surface area contributed by atoms with Gasteiger partial charge in [-0.05, 0) is 111 Å². The minimum absolute atomic E-state index is 0. The maximum absolute atomic E-state index is 7.10. The van der Waals surface area contributed by atoms with E-state index in [0.29, 0.717) is 17.8 Å². The lowest BCUT2D eigenvalue weighted by molar-refractivity contribution is -0.567. The molecule has 5 nitrogen and oxygen atoms in total. The first-order chi connectivity index (χ1) is 28.7. The van der Waals surface area contributed by atoms with Gasteiger partial charge in [0, 0.05) is 39.6 Å².